The van der Waals surface area contributed by atoms with Crippen LogP contribution in [-0.2, 0) is 14.9 Å². The lowest BCUT2D eigenvalue weighted by Crippen LogP contribution is -2.51. The van der Waals surface area contributed by atoms with Crippen LogP contribution in [0.4, 0.5) is 22.2 Å². The lowest BCUT2D eigenvalue weighted by atomic mass is 9.66. The second kappa shape index (κ2) is 12.6. The summed E-state index contributed by atoms with van der Waals surface area (Å²) in [6, 6.07) is 9.19. The molecule has 226 valence electrons. The molecule has 2 fully saturated rings. The van der Waals surface area contributed by atoms with Gasteiger partial charge in [0, 0.05) is 36.6 Å². The van der Waals surface area contributed by atoms with Crippen LogP contribution in [-0.4, -0.2) is 57.6 Å². The number of ether oxygens (including phenoxy) is 1. The number of aromatic nitrogens is 2. The molecule has 4 rings (SSSR count). The number of anilines is 3. The monoisotopic (exact) mass is 575 g/mol. The van der Waals surface area contributed by atoms with E-state index in [4.69, 9.17) is 9.72 Å². The van der Waals surface area contributed by atoms with Crippen molar-refractivity contribution < 1.29 is 14.3 Å². The van der Waals surface area contributed by atoms with Gasteiger partial charge in [0.05, 0.1) is 11.6 Å². The Labute approximate surface area is 249 Å². The van der Waals surface area contributed by atoms with Crippen LogP contribution >= 0.6 is 0 Å². The van der Waals surface area contributed by atoms with Crippen LogP contribution in [0.5, 0.6) is 0 Å². The number of nitriles is 1. The average Bonchev–Trinajstić information content (AvgIpc) is 3.75. The van der Waals surface area contributed by atoms with Gasteiger partial charge in [0.2, 0.25) is 11.9 Å². The number of carbonyl (C=O) groups is 2. The van der Waals surface area contributed by atoms with E-state index in [0.717, 1.165) is 55.6 Å². The van der Waals surface area contributed by atoms with Gasteiger partial charge >= 0.3 is 6.09 Å². The Morgan fingerprint density at radius 3 is 2.52 bits per heavy atom. The molecule has 0 saturated heterocycles. The maximum absolute atomic E-state index is 13.1. The molecule has 3 N–H and O–H groups in total. The molecule has 1 heterocycles. The molecular weight excluding hydrogens is 530 g/mol. The van der Waals surface area contributed by atoms with Crippen molar-refractivity contribution in [2.24, 2.45) is 5.92 Å². The fraction of sp³-hybridized carbons (Fsp3) is 0.594. The van der Waals surface area contributed by atoms with E-state index in [-0.39, 0.29) is 17.4 Å². The quantitative estimate of drug-likeness (QED) is 0.338. The van der Waals surface area contributed by atoms with Crippen molar-refractivity contribution in [3.8, 4) is 6.07 Å². The van der Waals surface area contributed by atoms with Gasteiger partial charge in [0.25, 0.3) is 0 Å². The smallest absolute Gasteiger partial charge is 0.410 e. The summed E-state index contributed by atoms with van der Waals surface area (Å²) in [4.78, 5) is 36.5. The molecule has 2 amide bonds. The third-order valence-electron chi connectivity index (χ3n) is 8.33. The molecule has 2 aliphatic rings. The molecule has 10 nitrogen and oxygen atoms in total. The molecule has 0 spiro atoms. The molecule has 1 aromatic carbocycles. The minimum absolute atomic E-state index is 0.0131. The van der Waals surface area contributed by atoms with Crippen molar-refractivity contribution in [3.63, 3.8) is 0 Å². The van der Waals surface area contributed by atoms with Crippen molar-refractivity contribution >= 4 is 29.5 Å². The maximum atomic E-state index is 13.1. The Hall–Kier alpha value is -3.87. The van der Waals surface area contributed by atoms with Crippen molar-refractivity contribution in [1.29, 1.82) is 5.26 Å². The summed E-state index contributed by atoms with van der Waals surface area (Å²) in [5, 5.41) is 19.3. The zero-order valence-corrected chi connectivity index (χ0v) is 26.0. The van der Waals surface area contributed by atoms with E-state index >= 15 is 0 Å². The van der Waals surface area contributed by atoms with E-state index in [1.54, 1.807) is 26.1 Å². The molecule has 0 bridgehead atoms. The van der Waals surface area contributed by atoms with Gasteiger partial charge in [-0.25, -0.2) is 9.78 Å². The van der Waals surface area contributed by atoms with Crippen molar-refractivity contribution in [2.75, 3.05) is 17.7 Å². The topological polar surface area (TPSA) is 132 Å². The van der Waals surface area contributed by atoms with Crippen LogP contribution in [0.3, 0.4) is 0 Å². The van der Waals surface area contributed by atoms with Crippen LogP contribution < -0.4 is 16.0 Å². The molecule has 3 atom stereocenters. The average molecular weight is 576 g/mol. The second-order valence-corrected chi connectivity index (χ2v) is 13.3. The van der Waals surface area contributed by atoms with Gasteiger partial charge in [-0.15, -0.1) is 0 Å². The van der Waals surface area contributed by atoms with E-state index < -0.39 is 17.7 Å². The lowest BCUT2D eigenvalue weighted by Gasteiger charge is -2.41. The van der Waals surface area contributed by atoms with E-state index in [0.29, 0.717) is 23.5 Å². The van der Waals surface area contributed by atoms with Gasteiger partial charge in [-0.2, -0.15) is 10.2 Å². The number of rotatable bonds is 9. The first kappa shape index (κ1) is 31.1. The summed E-state index contributed by atoms with van der Waals surface area (Å²) < 4.78 is 5.44. The first-order chi connectivity index (χ1) is 19.8. The summed E-state index contributed by atoms with van der Waals surface area (Å²) in [5.41, 5.74) is 1.51. The summed E-state index contributed by atoms with van der Waals surface area (Å²) >= 11 is 0. The zero-order valence-electron chi connectivity index (χ0n) is 26.0. The van der Waals surface area contributed by atoms with Crippen LogP contribution in [0.2, 0.25) is 0 Å². The van der Waals surface area contributed by atoms with Crippen LogP contribution in [0.15, 0.2) is 30.5 Å². The maximum Gasteiger partial charge on any atom is 0.410 e. The highest BCUT2D eigenvalue weighted by Gasteiger charge is 2.39. The highest BCUT2D eigenvalue weighted by atomic mass is 16.6. The van der Waals surface area contributed by atoms with E-state index in [1.165, 1.54) is 4.90 Å². The SMILES string of the molecule is C[C@@H](C(=O)N[C@H]1CCC[C@@H](C(C)(C)c2cnc(Nc3cccc(C#N)c3)nc2NC2CC2)C1)N(C)C(=O)OC(C)(C)C. The number of nitrogens with one attached hydrogen (secondary N) is 3. The van der Waals surface area contributed by atoms with Gasteiger partial charge in [-0.3, -0.25) is 9.69 Å². The Balaban J connectivity index is 1.46. The minimum atomic E-state index is -0.648. The first-order valence-corrected chi connectivity index (χ1v) is 14.9. The van der Waals surface area contributed by atoms with Gasteiger partial charge in [-0.1, -0.05) is 26.3 Å². The number of likely N-dealkylation sites (N-methyl/N-ethyl adjacent to an activating group) is 1. The fourth-order valence-corrected chi connectivity index (χ4v) is 5.43. The third-order valence-corrected chi connectivity index (χ3v) is 8.33. The second-order valence-electron chi connectivity index (χ2n) is 13.3. The molecule has 2 saturated carbocycles. The molecule has 0 radical (unpaired) electrons. The first-order valence-electron chi connectivity index (χ1n) is 14.9. The Kier molecular flexibility index (Phi) is 9.29. The standard InChI is InChI=1S/C32H45N7O3/c1-20(39(7)30(41)42-31(2,3)4)28(40)36-25-13-9-11-22(17-25)32(5,6)26-19-34-29(38-27(26)35-23-14-15-23)37-24-12-8-10-21(16-24)18-33/h8,10,12,16,19-20,22-23,25H,9,11,13-15,17H2,1-7H3,(H,36,40)(H2,34,35,37,38)/t20-,22+,25-/m0/s1. The molecule has 42 heavy (non-hydrogen) atoms. The number of amides is 2. The Morgan fingerprint density at radius 1 is 1.12 bits per heavy atom. The predicted octanol–water partition coefficient (Wildman–Crippen LogP) is 5.87. The van der Waals surface area contributed by atoms with E-state index in [2.05, 4.69) is 40.9 Å². The van der Waals surface area contributed by atoms with E-state index in [9.17, 15) is 14.9 Å². The summed E-state index contributed by atoms with van der Waals surface area (Å²) in [5.74, 6) is 1.42. The number of nitrogens with zero attached hydrogens (tertiary/aromatic N) is 4. The summed E-state index contributed by atoms with van der Waals surface area (Å²) in [6.45, 7) is 11.6. The van der Waals surface area contributed by atoms with Crippen LogP contribution in [0.25, 0.3) is 0 Å². The normalized spacial score (nSPS) is 19.7. The Bertz CT molecular complexity index is 1330. The number of hydrogen-bond donors (Lipinski definition) is 3. The highest BCUT2D eigenvalue weighted by molar-refractivity contribution is 5.85. The lowest BCUT2D eigenvalue weighted by molar-refractivity contribution is -0.126. The predicted molar refractivity (Wildman–Crippen MR) is 163 cm³/mol. The third kappa shape index (κ3) is 7.90. The largest absolute Gasteiger partial charge is 0.444 e. The van der Waals surface area contributed by atoms with Gasteiger partial charge < -0.3 is 20.7 Å². The molecule has 0 aliphatic heterocycles. The summed E-state index contributed by atoms with van der Waals surface area (Å²) in [7, 11) is 1.60. The highest BCUT2D eigenvalue weighted by Crippen LogP contribution is 2.43. The molecular formula is C32H45N7O3. The molecule has 1 aromatic heterocycles. The minimum Gasteiger partial charge on any atom is -0.444 e. The van der Waals surface area contributed by atoms with Gasteiger partial charge in [0.1, 0.15) is 17.5 Å². The summed E-state index contributed by atoms with van der Waals surface area (Å²) in [6.07, 6.45) is 7.38. The van der Waals surface area contributed by atoms with Crippen LogP contribution in [0.1, 0.15) is 91.2 Å². The fourth-order valence-electron chi connectivity index (χ4n) is 5.43. The number of hydrogen-bond acceptors (Lipinski definition) is 8. The molecule has 2 aliphatic carbocycles. The number of carbonyl (C=O) groups excluding carboxylic acids is 2. The zero-order chi connectivity index (χ0) is 30.7. The molecule has 10 heteroatoms. The molecule has 0 unspecified atom stereocenters. The van der Waals surface area contributed by atoms with Gasteiger partial charge in [0.15, 0.2) is 0 Å². The Morgan fingerprint density at radius 2 is 1.86 bits per heavy atom. The van der Waals surface area contributed by atoms with Gasteiger partial charge in [-0.05, 0) is 89.3 Å². The van der Waals surface area contributed by atoms with Crippen molar-refractivity contribution in [1.82, 2.24) is 20.2 Å². The van der Waals surface area contributed by atoms with Crippen molar-refractivity contribution in [3.05, 3.63) is 41.6 Å². The number of benzene rings is 1. The van der Waals surface area contributed by atoms with Crippen LogP contribution in [0, 0.1) is 17.2 Å². The van der Waals surface area contributed by atoms with Crippen molar-refractivity contribution in [2.45, 2.75) is 109 Å². The van der Waals surface area contributed by atoms with E-state index in [1.807, 2.05) is 39.1 Å². The molecule has 2 aromatic rings.